The Morgan fingerprint density at radius 2 is 1.58 bits per heavy atom. The van der Waals surface area contributed by atoms with Crippen molar-refractivity contribution in [2.45, 2.75) is 6.92 Å². The summed E-state index contributed by atoms with van der Waals surface area (Å²) in [6, 6.07) is 6.95. The number of ketones is 1. The normalized spacial score (nSPS) is 10.4. The molecule has 0 unspecified atom stereocenters. The lowest BCUT2D eigenvalue weighted by Gasteiger charge is -2.07. The van der Waals surface area contributed by atoms with E-state index in [0.29, 0.717) is 37.7 Å². The Hall–Kier alpha value is -1.46. The topological polar surface area (TPSA) is 44.8 Å². The van der Waals surface area contributed by atoms with Crippen molar-refractivity contribution in [3.63, 3.8) is 0 Å². The third-order valence-electron chi connectivity index (χ3n) is 2.35. The molecule has 0 atom stereocenters. The van der Waals surface area contributed by atoms with Crippen LogP contribution in [0.2, 0.25) is 0 Å². The predicted molar refractivity (Wildman–Crippen MR) is 69.6 cm³/mol. The van der Waals surface area contributed by atoms with Crippen LogP contribution >= 0.6 is 0 Å². The van der Waals surface area contributed by atoms with E-state index in [0.717, 1.165) is 0 Å². The number of hydrogen-bond donors (Lipinski definition) is 0. The van der Waals surface area contributed by atoms with E-state index in [9.17, 15) is 9.18 Å². The molecule has 4 nitrogen and oxygen atoms in total. The Kier molecular flexibility index (Phi) is 7.77. The summed E-state index contributed by atoms with van der Waals surface area (Å²) < 4.78 is 27.3. The van der Waals surface area contributed by atoms with Gasteiger partial charge in [0, 0.05) is 5.56 Å². The fourth-order valence-corrected chi connectivity index (χ4v) is 1.38. The van der Waals surface area contributed by atoms with Gasteiger partial charge in [-0.25, -0.2) is 4.39 Å². The van der Waals surface area contributed by atoms with Gasteiger partial charge in [0.15, 0.2) is 5.78 Å². The van der Waals surface area contributed by atoms with E-state index < -0.39 is 6.67 Å². The molecule has 0 spiro atoms. The van der Waals surface area contributed by atoms with Crippen molar-refractivity contribution in [2.24, 2.45) is 0 Å². The second-order valence-electron chi connectivity index (χ2n) is 3.84. The first-order valence-electron chi connectivity index (χ1n) is 6.19. The molecule has 0 aliphatic heterocycles. The molecule has 5 heteroatoms. The standard InChI is InChI=1S/C14H19FO4/c1-12(16)13-2-4-14(5-3-13)19-11-10-18-9-8-17-7-6-15/h2-5H,6-11H2,1H3. The second kappa shape index (κ2) is 9.47. The molecule has 0 aliphatic rings. The van der Waals surface area contributed by atoms with E-state index in [4.69, 9.17) is 14.2 Å². The smallest absolute Gasteiger partial charge is 0.159 e. The Balaban J connectivity index is 2.07. The van der Waals surface area contributed by atoms with E-state index in [1.807, 2.05) is 0 Å². The van der Waals surface area contributed by atoms with Crippen LogP contribution in [0.3, 0.4) is 0 Å². The number of rotatable bonds is 10. The molecule has 0 saturated heterocycles. The van der Waals surface area contributed by atoms with Crippen LogP contribution in [-0.2, 0) is 9.47 Å². The zero-order chi connectivity index (χ0) is 13.9. The molecular weight excluding hydrogens is 251 g/mol. The molecule has 0 aliphatic carbocycles. The van der Waals surface area contributed by atoms with Crippen molar-refractivity contribution in [1.82, 2.24) is 0 Å². The lowest BCUT2D eigenvalue weighted by molar-refractivity contribution is 0.0325. The average molecular weight is 270 g/mol. The van der Waals surface area contributed by atoms with Crippen molar-refractivity contribution in [1.29, 1.82) is 0 Å². The lowest BCUT2D eigenvalue weighted by Crippen LogP contribution is -2.11. The first-order chi connectivity index (χ1) is 9.24. The Bertz CT molecular complexity index is 364. The van der Waals surface area contributed by atoms with Crippen LogP contribution in [0.25, 0.3) is 0 Å². The van der Waals surface area contributed by atoms with Crippen LogP contribution < -0.4 is 4.74 Å². The summed E-state index contributed by atoms with van der Waals surface area (Å²) in [6.45, 7) is 2.83. The van der Waals surface area contributed by atoms with Gasteiger partial charge in [-0.05, 0) is 31.2 Å². The van der Waals surface area contributed by atoms with Crippen LogP contribution in [0.1, 0.15) is 17.3 Å². The van der Waals surface area contributed by atoms with Crippen molar-refractivity contribution in [3.05, 3.63) is 29.8 Å². The summed E-state index contributed by atoms with van der Waals surface area (Å²) in [4.78, 5) is 11.1. The Morgan fingerprint density at radius 1 is 1.00 bits per heavy atom. The maximum absolute atomic E-state index is 11.7. The van der Waals surface area contributed by atoms with Gasteiger partial charge in [-0.2, -0.15) is 0 Å². The molecule has 1 aromatic rings. The lowest BCUT2D eigenvalue weighted by atomic mass is 10.1. The van der Waals surface area contributed by atoms with Crippen molar-refractivity contribution in [2.75, 3.05) is 39.7 Å². The van der Waals surface area contributed by atoms with Crippen LogP contribution in [0, 0.1) is 0 Å². The number of alkyl halides is 1. The third-order valence-corrected chi connectivity index (χ3v) is 2.35. The summed E-state index contributed by atoms with van der Waals surface area (Å²) in [5.74, 6) is 0.727. The molecule has 1 rings (SSSR count). The summed E-state index contributed by atoms with van der Waals surface area (Å²) in [5, 5.41) is 0. The minimum absolute atomic E-state index is 0.0307. The molecule has 0 bridgehead atoms. The van der Waals surface area contributed by atoms with Gasteiger partial charge in [-0.15, -0.1) is 0 Å². The number of carbonyl (C=O) groups is 1. The van der Waals surface area contributed by atoms with Gasteiger partial charge >= 0.3 is 0 Å². The summed E-state index contributed by atoms with van der Waals surface area (Å²) >= 11 is 0. The molecule has 0 fully saturated rings. The van der Waals surface area contributed by atoms with Gasteiger partial charge in [0.25, 0.3) is 0 Å². The van der Waals surface area contributed by atoms with E-state index >= 15 is 0 Å². The van der Waals surface area contributed by atoms with Crippen molar-refractivity contribution >= 4 is 5.78 Å². The number of carbonyl (C=O) groups excluding carboxylic acids is 1. The van der Waals surface area contributed by atoms with Gasteiger partial charge in [-0.1, -0.05) is 0 Å². The van der Waals surface area contributed by atoms with Crippen LogP contribution in [-0.4, -0.2) is 45.5 Å². The number of Topliss-reactive ketones (excluding diaryl/α,β-unsaturated/α-hetero) is 1. The maximum Gasteiger partial charge on any atom is 0.159 e. The number of benzene rings is 1. The highest BCUT2D eigenvalue weighted by Gasteiger charge is 1.99. The zero-order valence-corrected chi connectivity index (χ0v) is 11.1. The highest BCUT2D eigenvalue weighted by molar-refractivity contribution is 5.94. The summed E-state index contributed by atoms with van der Waals surface area (Å²) in [7, 11) is 0. The van der Waals surface area contributed by atoms with E-state index in [1.165, 1.54) is 6.92 Å². The van der Waals surface area contributed by atoms with Crippen LogP contribution in [0.5, 0.6) is 5.75 Å². The monoisotopic (exact) mass is 270 g/mol. The third kappa shape index (κ3) is 6.88. The fourth-order valence-electron chi connectivity index (χ4n) is 1.38. The molecule has 0 heterocycles. The zero-order valence-electron chi connectivity index (χ0n) is 11.1. The first-order valence-corrected chi connectivity index (χ1v) is 6.19. The SMILES string of the molecule is CC(=O)c1ccc(OCCOCCOCCF)cc1. The van der Waals surface area contributed by atoms with Gasteiger partial charge < -0.3 is 14.2 Å². The number of hydrogen-bond acceptors (Lipinski definition) is 4. The minimum Gasteiger partial charge on any atom is -0.491 e. The molecule has 1 aromatic carbocycles. The van der Waals surface area contributed by atoms with Crippen LogP contribution in [0.4, 0.5) is 4.39 Å². The molecule has 0 aromatic heterocycles. The highest BCUT2D eigenvalue weighted by Crippen LogP contribution is 2.12. The van der Waals surface area contributed by atoms with Gasteiger partial charge in [0.05, 0.1) is 26.4 Å². The molecule has 0 radical (unpaired) electrons. The average Bonchev–Trinajstić information content (AvgIpc) is 2.42. The molecular formula is C14H19FO4. The molecule has 0 saturated carbocycles. The summed E-state index contributed by atoms with van der Waals surface area (Å²) in [6.07, 6.45) is 0. The van der Waals surface area contributed by atoms with E-state index in [2.05, 4.69) is 0 Å². The highest BCUT2D eigenvalue weighted by atomic mass is 19.1. The number of ether oxygens (including phenoxy) is 3. The quantitative estimate of drug-likeness (QED) is 0.483. The molecule has 0 N–H and O–H groups in total. The Morgan fingerprint density at radius 3 is 2.16 bits per heavy atom. The predicted octanol–water partition coefficient (Wildman–Crippen LogP) is 2.27. The van der Waals surface area contributed by atoms with E-state index in [-0.39, 0.29) is 12.4 Å². The molecule has 0 amide bonds. The first kappa shape index (κ1) is 15.6. The molecule has 19 heavy (non-hydrogen) atoms. The van der Waals surface area contributed by atoms with E-state index in [1.54, 1.807) is 24.3 Å². The Labute approximate surface area is 112 Å². The minimum atomic E-state index is -0.473. The summed E-state index contributed by atoms with van der Waals surface area (Å²) in [5.41, 5.74) is 0.661. The van der Waals surface area contributed by atoms with Gasteiger partial charge in [-0.3, -0.25) is 4.79 Å². The van der Waals surface area contributed by atoms with Crippen molar-refractivity contribution in [3.8, 4) is 5.75 Å². The van der Waals surface area contributed by atoms with Gasteiger partial charge in [0.1, 0.15) is 19.0 Å². The molecule has 106 valence electrons. The van der Waals surface area contributed by atoms with Gasteiger partial charge in [0.2, 0.25) is 0 Å². The number of halogens is 1. The fraction of sp³-hybridized carbons (Fsp3) is 0.500. The maximum atomic E-state index is 11.7. The van der Waals surface area contributed by atoms with Crippen molar-refractivity contribution < 1.29 is 23.4 Å². The second-order valence-corrected chi connectivity index (χ2v) is 3.84. The van der Waals surface area contributed by atoms with Crippen LogP contribution in [0.15, 0.2) is 24.3 Å². The largest absolute Gasteiger partial charge is 0.491 e.